The zero-order chi connectivity index (χ0) is 22.8. The molecule has 0 unspecified atom stereocenters. The van der Waals surface area contributed by atoms with Gasteiger partial charge < -0.3 is 4.74 Å². The van der Waals surface area contributed by atoms with Gasteiger partial charge in [0.25, 0.3) is 15.7 Å². The Bertz CT molecular complexity index is 1260. The summed E-state index contributed by atoms with van der Waals surface area (Å²) in [6.07, 6.45) is 0. The fourth-order valence-electron chi connectivity index (χ4n) is 3.10. The number of nitro groups is 1. The number of nitro benzene ring substituents is 1. The van der Waals surface area contributed by atoms with Gasteiger partial charge in [0.1, 0.15) is 10.6 Å². The Morgan fingerprint density at radius 1 is 1.16 bits per heavy atom. The van der Waals surface area contributed by atoms with E-state index in [4.69, 9.17) is 4.74 Å². The van der Waals surface area contributed by atoms with Crippen molar-refractivity contribution < 1.29 is 22.9 Å². The van der Waals surface area contributed by atoms with Gasteiger partial charge in [-0.05, 0) is 38.0 Å². The maximum Gasteiger partial charge on any atom is 0.341 e. The second kappa shape index (κ2) is 8.86. The van der Waals surface area contributed by atoms with Crippen molar-refractivity contribution in [1.29, 1.82) is 0 Å². The van der Waals surface area contributed by atoms with Gasteiger partial charge in [0, 0.05) is 23.1 Å². The topological polar surface area (TPSA) is 116 Å². The predicted molar refractivity (Wildman–Crippen MR) is 119 cm³/mol. The third-order valence-electron chi connectivity index (χ3n) is 4.51. The van der Waals surface area contributed by atoms with E-state index in [-0.39, 0.29) is 27.8 Å². The highest BCUT2D eigenvalue weighted by Gasteiger charge is 2.26. The van der Waals surface area contributed by atoms with Gasteiger partial charge in [-0.25, -0.2) is 13.2 Å². The van der Waals surface area contributed by atoms with Gasteiger partial charge in [0.05, 0.1) is 16.4 Å². The first kappa shape index (κ1) is 22.4. The molecule has 0 bridgehead atoms. The van der Waals surface area contributed by atoms with E-state index < -0.39 is 20.9 Å². The summed E-state index contributed by atoms with van der Waals surface area (Å²) in [5.41, 5.74) is 3.07. The van der Waals surface area contributed by atoms with Gasteiger partial charge in [0.2, 0.25) is 0 Å². The molecular weight excluding hydrogens is 440 g/mol. The van der Waals surface area contributed by atoms with Gasteiger partial charge >= 0.3 is 5.97 Å². The average Bonchev–Trinajstić information content (AvgIpc) is 3.10. The molecule has 0 aliphatic carbocycles. The summed E-state index contributed by atoms with van der Waals surface area (Å²) in [5.74, 6) is -0.657. The second-order valence-corrected chi connectivity index (χ2v) is 9.31. The van der Waals surface area contributed by atoms with Crippen molar-refractivity contribution in [3.8, 4) is 11.1 Å². The van der Waals surface area contributed by atoms with Crippen LogP contribution in [0.3, 0.4) is 0 Å². The number of esters is 1. The summed E-state index contributed by atoms with van der Waals surface area (Å²) in [5, 5.41) is 12.8. The molecule has 162 valence electrons. The highest BCUT2D eigenvalue weighted by atomic mass is 32.2. The molecule has 0 atom stereocenters. The molecule has 0 amide bonds. The molecule has 3 aromatic rings. The van der Waals surface area contributed by atoms with Crippen molar-refractivity contribution in [3.05, 3.63) is 74.6 Å². The summed E-state index contributed by atoms with van der Waals surface area (Å²) < 4.78 is 33.3. The quantitative estimate of drug-likeness (QED) is 0.304. The third kappa shape index (κ3) is 4.75. The number of carbonyl (C=O) groups is 1. The second-order valence-electron chi connectivity index (χ2n) is 6.75. The lowest BCUT2D eigenvalue weighted by atomic mass is 9.98. The molecule has 1 N–H and O–H groups in total. The van der Waals surface area contributed by atoms with Crippen LogP contribution in [0.25, 0.3) is 11.1 Å². The maximum absolute atomic E-state index is 12.9. The van der Waals surface area contributed by atoms with E-state index in [2.05, 4.69) is 4.72 Å². The number of benzene rings is 2. The fourth-order valence-corrected chi connectivity index (χ4v) is 5.41. The SMILES string of the molecule is CCOC(=O)c1c(-c2ccc(C)cc2C)csc1NS(=O)(=O)c1cccc([N+](=O)[O-])c1. The fraction of sp³-hybridized carbons (Fsp3) is 0.190. The van der Waals surface area contributed by atoms with Crippen molar-refractivity contribution in [1.82, 2.24) is 0 Å². The number of rotatable bonds is 7. The van der Waals surface area contributed by atoms with E-state index in [9.17, 15) is 23.3 Å². The third-order valence-corrected chi connectivity index (χ3v) is 6.88. The molecule has 0 aliphatic rings. The average molecular weight is 461 g/mol. The van der Waals surface area contributed by atoms with Crippen LogP contribution in [0.5, 0.6) is 0 Å². The van der Waals surface area contributed by atoms with Crippen LogP contribution in [-0.4, -0.2) is 25.9 Å². The molecule has 10 heteroatoms. The lowest BCUT2D eigenvalue weighted by molar-refractivity contribution is -0.385. The molecule has 0 fully saturated rings. The molecule has 0 aliphatic heterocycles. The van der Waals surface area contributed by atoms with Gasteiger partial charge in [-0.15, -0.1) is 11.3 Å². The zero-order valence-corrected chi connectivity index (χ0v) is 18.7. The van der Waals surface area contributed by atoms with E-state index >= 15 is 0 Å². The molecule has 1 heterocycles. The molecule has 8 nitrogen and oxygen atoms in total. The number of nitrogens with zero attached hydrogens (tertiary/aromatic N) is 1. The number of aryl methyl sites for hydroxylation is 2. The van der Waals surface area contributed by atoms with Gasteiger partial charge in [-0.3, -0.25) is 14.8 Å². The van der Waals surface area contributed by atoms with E-state index in [1.54, 1.807) is 12.3 Å². The van der Waals surface area contributed by atoms with E-state index in [1.165, 1.54) is 18.2 Å². The number of hydrogen-bond acceptors (Lipinski definition) is 7. The number of sulfonamides is 1. The summed E-state index contributed by atoms with van der Waals surface area (Å²) in [7, 11) is -4.18. The molecule has 1 aromatic heterocycles. The molecule has 31 heavy (non-hydrogen) atoms. The van der Waals surface area contributed by atoms with Gasteiger partial charge in [-0.2, -0.15) is 0 Å². The van der Waals surface area contributed by atoms with Crippen LogP contribution in [0.1, 0.15) is 28.4 Å². The number of anilines is 1. The number of thiophene rings is 1. The van der Waals surface area contributed by atoms with Crippen LogP contribution < -0.4 is 4.72 Å². The van der Waals surface area contributed by atoms with Crippen LogP contribution in [0, 0.1) is 24.0 Å². The standard InChI is InChI=1S/C21H20N2O6S2/c1-4-29-21(24)19-18(17-9-8-13(2)10-14(17)3)12-30-20(19)22-31(27,28)16-7-5-6-15(11-16)23(25)26/h5-12,22H,4H2,1-3H3. The molecule has 3 rings (SSSR count). The number of nitrogens with one attached hydrogen (secondary N) is 1. The van der Waals surface area contributed by atoms with Crippen molar-refractivity contribution in [2.45, 2.75) is 25.7 Å². The Balaban J connectivity index is 2.09. The minimum atomic E-state index is -4.18. The molecule has 0 saturated carbocycles. The van der Waals surface area contributed by atoms with E-state index in [0.29, 0.717) is 5.56 Å². The Labute approximate surface area is 183 Å². The Kier molecular flexibility index (Phi) is 6.42. The largest absolute Gasteiger partial charge is 0.462 e. The first-order valence-electron chi connectivity index (χ1n) is 9.27. The zero-order valence-electron chi connectivity index (χ0n) is 17.0. The molecule has 0 spiro atoms. The predicted octanol–water partition coefficient (Wildman–Crippen LogP) is 4.92. The summed E-state index contributed by atoms with van der Waals surface area (Å²) in [6, 6.07) is 10.4. The van der Waals surface area contributed by atoms with Crippen molar-refractivity contribution in [2.75, 3.05) is 11.3 Å². The lowest BCUT2D eigenvalue weighted by Gasteiger charge is -2.11. The Morgan fingerprint density at radius 2 is 1.90 bits per heavy atom. The lowest BCUT2D eigenvalue weighted by Crippen LogP contribution is -2.15. The van der Waals surface area contributed by atoms with Crippen LogP contribution in [0.4, 0.5) is 10.7 Å². The number of ether oxygens (including phenoxy) is 1. The summed E-state index contributed by atoms with van der Waals surface area (Å²) in [4.78, 5) is 22.8. The normalized spacial score (nSPS) is 11.2. The Morgan fingerprint density at radius 3 is 2.55 bits per heavy atom. The summed E-state index contributed by atoms with van der Waals surface area (Å²) in [6.45, 7) is 5.64. The van der Waals surface area contributed by atoms with Crippen LogP contribution in [0.2, 0.25) is 0 Å². The highest BCUT2D eigenvalue weighted by molar-refractivity contribution is 7.93. The molecule has 0 saturated heterocycles. The molecule has 2 aromatic carbocycles. The van der Waals surface area contributed by atoms with Gasteiger partial charge in [-0.1, -0.05) is 29.8 Å². The van der Waals surface area contributed by atoms with E-state index in [1.807, 2.05) is 32.0 Å². The van der Waals surface area contributed by atoms with Crippen LogP contribution in [-0.2, 0) is 14.8 Å². The minimum absolute atomic E-state index is 0.0833. The van der Waals surface area contributed by atoms with Crippen molar-refractivity contribution in [2.24, 2.45) is 0 Å². The first-order chi connectivity index (χ1) is 14.6. The smallest absolute Gasteiger partial charge is 0.341 e. The maximum atomic E-state index is 12.9. The van der Waals surface area contributed by atoms with Crippen LogP contribution >= 0.6 is 11.3 Å². The van der Waals surface area contributed by atoms with E-state index in [0.717, 1.165) is 34.1 Å². The molecular formula is C21H20N2O6S2. The first-order valence-corrected chi connectivity index (χ1v) is 11.6. The minimum Gasteiger partial charge on any atom is -0.462 e. The number of hydrogen-bond donors (Lipinski definition) is 1. The Hall–Kier alpha value is -3.24. The van der Waals surface area contributed by atoms with Crippen LogP contribution in [0.15, 0.2) is 52.7 Å². The number of carbonyl (C=O) groups excluding carboxylic acids is 1. The monoisotopic (exact) mass is 460 g/mol. The van der Waals surface area contributed by atoms with Crippen molar-refractivity contribution >= 4 is 38.0 Å². The van der Waals surface area contributed by atoms with Gasteiger partial charge in [0.15, 0.2) is 0 Å². The number of non-ortho nitro benzene ring substituents is 1. The highest BCUT2D eigenvalue weighted by Crippen LogP contribution is 2.39. The summed E-state index contributed by atoms with van der Waals surface area (Å²) >= 11 is 1.05. The van der Waals surface area contributed by atoms with Crippen molar-refractivity contribution in [3.63, 3.8) is 0 Å². The molecule has 0 radical (unpaired) electrons.